The molecule has 34 heavy (non-hydrogen) atoms. The van der Waals surface area contributed by atoms with Crippen LogP contribution in [0.2, 0.25) is 0 Å². The van der Waals surface area contributed by atoms with Gasteiger partial charge in [0.2, 0.25) is 0 Å². The second-order valence-corrected chi connectivity index (χ2v) is 8.31. The highest BCUT2D eigenvalue weighted by Crippen LogP contribution is 2.40. The lowest BCUT2D eigenvalue weighted by Crippen LogP contribution is -2.38. The summed E-state index contributed by atoms with van der Waals surface area (Å²) in [4.78, 5) is 29.9. The highest BCUT2D eigenvalue weighted by atomic mass is 19.1. The molecule has 7 nitrogen and oxygen atoms in total. The summed E-state index contributed by atoms with van der Waals surface area (Å²) in [5, 5.41) is 11.0. The number of ketones is 1. The summed E-state index contributed by atoms with van der Waals surface area (Å²) in [6.45, 7) is 6.60. The van der Waals surface area contributed by atoms with Crippen molar-refractivity contribution in [3.8, 4) is 5.75 Å². The maximum atomic E-state index is 13.4. The largest absolute Gasteiger partial charge is 0.507 e. The lowest BCUT2D eigenvalue weighted by atomic mass is 9.95. The van der Waals surface area contributed by atoms with Gasteiger partial charge >= 0.3 is 0 Å². The van der Waals surface area contributed by atoms with Crippen molar-refractivity contribution >= 4 is 17.4 Å². The van der Waals surface area contributed by atoms with Gasteiger partial charge in [0, 0.05) is 31.7 Å². The summed E-state index contributed by atoms with van der Waals surface area (Å²) < 4.78 is 24.3. The first-order valence-electron chi connectivity index (χ1n) is 11.6. The monoisotopic (exact) mass is 468 g/mol. The number of ether oxygens (including phenoxy) is 2. The van der Waals surface area contributed by atoms with Gasteiger partial charge in [-0.15, -0.1) is 0 Å². The van der Waals surface area contributed by atoms with E-state index in [2.05, 4.69) is 4.90 Å². The van der Waals surface area contributed by atoms with Crippen LogP contribution in [0, 0.1) is 5.82 Å². The van der Waals surface area contributed by atoms with E-state index in [0.29, 0.717) is 44.1 Å². The number of Topliss-reactive ketones (excluding diaryl/α,β-unsaturated/α-hetero) is 1. The number of nitrogens with zero attached hydrogens (tertiary/aromatic N) is 2. The molecule has 2 saturated heterocycles. The molecule has 0 bridgehead atoms. The van der Waals surface area contributed by atoms with E-state index >= 15 is 0 Å². The minimum atomic E-state index is -0.745. The van der Waals surface area contributed by atoms with Gasteiger partial charge in [-0.3, -0.25) is 14.5 Å². The molecule has 0 saturated carbocycles. The van der Waals surface area contributed by atoms with Crippen LogP contribution in [0.4, 0.5) is 4.39 Å². The number of hydrogen-bond acceptors (Lipinski definition) is 6. The summed E-state index contributed by atoms with van der Waals surface area (Å²) in [7, 11) is 0. The molecule has 0 aromatic heterocycles. The van der Waals surface area contributed by atoms with Crippen LogP contribution in [0.1, 0.15) is 30.5 Å². The van der Waals surface area contributed by atoms with E-state index in [9.17, 15) is 19.1 Å². The second-order valence-electron chi connectivity index (χ2n) is 8.31. The molecule has 2 aromatic rings. The molecule has 8 heteroatoms. The number of halogens is 1. The first kappa shape index (κ1) is 23.9. The standard InChI is InChI=1S/C26H29FN2O5/c1-2-34-21-10-6-18(7-11-21)23-22(24(30)19-4-8-20(27)9-5-19)25(31)26(32)29(23)13-3-12-28-14-16-33-17-15-28/h4-11,23,30H,2-3,12-17H2,1H3. The molecule has 0 radical (unpaired) electrons. The Balaban J connectivity index is 1.66. The van der Waals surface area contributed by atoms with Crippen LogP contribution in [0.15, 0.2) is 54.1 Å². The molecular formula is C26H29FN2O5. The Kier molecular flexibility index (Phi) is 7.59. The van der Waals surface area contributed by atoms with Crippen LogP contribution in [0.3, 0.4) is 0 Å². The highest BCUT2D eigenvalue weighted by Gasteiger charge is 2.45. The lowest BCUT2D eigenvalue weighted by Gasteiger charge is -2.29. The van der Waals surface area contributed by atoms with Gasteiger partial charge in [-0.1, -0.05) is 12.1 Å². The van der Waals surface area contributed by atoms with E-state index in [-0.39, 0.29) is 16.9 Å². The fourth-order valence-electron chi connectivity index (χ4n) is 4.42. The molecule has 4 rings (SSSR count). The summed E-state index contributed by atoms with van der Waals surface area (Å²) in [5.41, 5.74) is 0.980. The number of amides is 1. The second kappa shape index (κ2) is 10.8. The van der Waals surface area contributed by atoms with Gasteiger partial charge in [-0.2, -0.15) is 0 Å². The van der Waals surface area contributed by atoms with Crippen LogP contribution in [0.25, 0.3) is 5.76 Å². The van der Waals surface area contributed by atoms with Crippen LogP contribution < -0.4 is 4.74 Å². The molecule has 0 spiro atoms. The molecule has 2 fully saturated rings. The van der Waals surface area contributed by atoms with Crippen molar-refractivity contribution in [2.75, 3.05) is 46.0 Å². The SMILES string of the molecule is CCOc1ccc(C2C(=C(O)c3ccc(F)cc3)C(=O)C(=O)N2CCCN2CCOCC2)cc1. The zero-order chi connectivity index (χ0) is 24.1. The number of carbonyl (C=O) groups excluding carboxylic acids is 2. The molecule has 2 aliphatic rings. The van der Waals surface area contributed by atoms with Crippen molar-refractivity contribution in [3.63, 3.8) is 0 Å². The Labute approximate surface area is 198 Å². The number of rotatable bonds is 8. The fraction of sp³-hybridized carbons (Fsp3) is 0.385. The number of hydrogen-bond donors (Lipinski definition) is 1. The minimum Gasteiger partial charge on any atom is -0.507 e. The number of aliphatic hydroxyl groups is 1. The van der Waals surface area contributed by atoms with Crippen molar-refractivity contribution in [3.05, 3.63) is 71.0 Å². The van der Waals surface area contributed by atoms with E-state index in [1.807, 2.05) is 6.92 Å². The summed E-state index contributed by atoms with van der Waals surface area (Å²) in [5.74, 6) is -1.48. The smallest absolute Gasteiger partial charge is 0.295 e. The average molecular weight is 469 g/mol. The van der Waals surface area contributed by atoms with Gasteiger partial charge in [-0.25, -0.2) is 4.39 Å². The first-order valence-corrected chi connectivity index (χ1v) is 11.6. The predicted molar refractivity (Wildman–Crippen MR) is 125 cm³/mol. The minimum absolute atomic E-state index is 0.00661. The topological polar surface area (TPSA) is 79.3 Å². The van der Waals surface area contributed by atoms with E-state index in [0.717, 1.165) is 19.6 Å². The van der Waals surface area contributed by atoms with Crippen LogP contribution in [-0.4, -0.2) is 72.6 Å². The normalized spacial score (nSPS) is 20.6. The quantitative estimate of drug-likeness (QED) is 0.364. The Bertz CT molecular complexity index is 1050. The number of likely N-dealkylation sites (tertiary alicyclic amines) is 1. The number of carbonyl (C=O) groups is 2. The highest BCUT2D eigenvalue weighted by molar-refractivity contribution is 6.46. The van der Waals surface area contributed by atoms with E-state index < -0.39 is 23.5 Å². The van der Waals surface area contributed by atoms with Gasteiger partial charge in [0.1, 0.15) is 17.3 Å². The molecule has 180 valence electrons. The van der Waals surface area contributed by atoms with E-state index in [1.54, 1.807) is 24.3 Å². The fourth-order valence-corrected chi connectivity index (χ4v) is 4.42. The van der Waals surface area contributed by atoms with Crippen molar-refractivity contribution in [1.82, 2.24) is 9.80 Å². The third-order valence-electron chi connectivity index (χ3n) is 6.14. The van der Waals surface area contributed by atoms with Gasteiger partial charge in [0.05, 0.1) is 31.4 Å². The summed E-state index contributed by atoms with van der Waals surface area (Å²) in [6, 6.07) is 11.6. The van der Waals surface area contributed by atoms with E-state index in [4.69, 9.17) is 9.47 Å². The Morgan fingerprint density at radius 1 is 1.06 bits per heavy atom. The Morgan fingerprint density at radius 2 is 1.74 bits per heavy atom. The summed E-state index contributed by atoms with van der Waals surface area (Å²) >= 11 is 0. The Morgan fingerprint density at radius 3 is 2.38 bits per heavy atom. The molecule has 2 aliphatic heterocycles. The van der Waals surface area contributed by atoms with Crippen LogP contribution >= 0.6 is 0 Å². The summed E-state index contributed by atoms with van der Waals surface area (Å²) in [6.07, 6.45) is 0.678. The molecule has 2 aromatic carbocycles. The van der Waals surface area contributed by atoms with Crippen molar-refractivity contribution < 1.29 is 28.6 Å². The number of aliphatic hydroxyl groups excluding tert-OH is 1. The van der Waals surface area contributed by atoms with Crippen LogP contribution in [0.5, 0.6) is 5.75 Å². The van der Waals surface area contributed by atoms with E-state index in [1.165, 1.54) is 29.2 Å². The van der Waals surface area contributed by atoms with Gasteiger partial charge in [0.15, 0.2) is 0 Å². The number of morpholine rings is 1. The maximum absolute atomic E-state index is 13.4. The maximum Gasteiger partial charge on any atom is 0.295 e. The zero-order valence-electron chi connectivity index (χ0n) is 19.2. The zero-order valence-corrected chi connectivity index (χ0v) is 19.2. The molecule has 1 N–H and O–H groups in total. The van der Waals surface area contributed by atoms with Gasteiger partial charge < -0.3 is 19.5 Å². The molecule has 1 amide bonds. The van der Waals surface area contributed by atoms with Crippen LogP contribution in [-0.2, 0) is 14.3 Å². The van der Waals surface area contributed by atoms with Gasteiger partial charge in [-0.05, 0) is 55.3 Å². The molecule has 1 unspecified atom stereocenters. The average Bonchev–Trinajstić information content (AvgIpc) is 3.10. The molecule has 1 atom stereocenters. The molecular weight excluding hydrogens is 439 g/mol. The third kappa shape index (κ3) is 5.13. The van der Waals surface area contributed by atoms with Crippen molar-refractivity contribution in [2.24, 2.45) is 0 Å². The first-order chi connectivity index (χ1) is 16.5. The molecule has 0 aliphatic carbocycles. The number of benzene rings is 2. The van der Waals surface area contributed by atoms with Crippen molar-refractivity contribution in [1.29, 1.82) is 0 Å². The third-order valence-corrected chi connectivity index (χ3v) is 6.14. The molecule has 2 heterocycles. The predicted octanol–water partition coefficient (Wildman–Crippen LogP) is 3.37. The lowest BCUT2D eigenvalue weighted by molar-refractivity contribution is -0.140. The Hall–Kier alpha value is -3.23. The van der Waals surface area contributed by atoms with Gasteiger partial charge in [0.25, 0.3) is 11.7 Å². The van der Waals surface area contributed by atoms with Crippen molar-refractivity contribution in [2.45, 2.75) is 19.4 Å².